The Morgan fingerprint density at radius 2 is 1.07 bits per heavy atom. The molecule has 0 fully saturated rings. The molecule has 0 aliphatic carbocycles. The van der Waals surface area contributed by atoms with E-state index in [0.717, 1.165) is 22.5 Å². The van der Waals surface area contributed by atoms with Crippen molar-refractivity contribution in [2.75, 3.05) is 0 Å². The summed E-state index contributed by atoms with van der Waals surface area (Å²) >= 11 is 0. The fraction of sp³-hybridized carbons (Fsp3) is 0.0698. The van der Waals surface area contributed by atoms with Gasteiger partial charge in [0.15, 0.2) is 0 Å². The third-order valence-corrected chi connectivity index (χ3v) is 8.21. The smallest absolute Gasteiger partial charge is 0.0166 e. The van der Waals surface area contributed by atoms with Gasteiger partial charge in [-0.25, -0.2) is 0 Å². The summed E-state index contributed by atoms with van der Waals surface area (Å²) in [5.41, 5.74) is 10.2. The number of fused-ring (bicyclic) bond motifs is 6. The van der Waals surface area contributed by atoms with Crippen molar-refractivity contribution in [1.82, 2.24) is 9.97 Å². The Balaban J connectivity index is 0.000000166. The summed E-state index contributed by atoms with van der Waals surface area (Å²) in [6.45, 7) is 6.39. The van der Waals surface area contributed by atoms with Gasteiger partial charge in [-0.1, -0.05) is 119 Å². The number of pyridine rings is 2. The van der Waals surface area contributed by atoms with Gasteiger partial charge in [-0.3, -0.25) is 0 Å². The van der Waals surface area contributed by atoms with Crippen molar-refractivity contribution < 1.29 is 20.1 Å². The summed E-state index contributed by atoms with van der Waals surface area (Å²) in [5.74, 6) is 0. The van der Waals surface area contributed by atoms with E-state index in [1.807, 2.05) is 67.0 Å². The molecule has 1 radical (unpaired) electrons. The number of aryl methyl sites for hydroxylation is 3. The van der Waals surface area contributed by atoms with E-state index in [0.29, 0.717) is 0 Å². The molecule has 0 saturated carbocycles. The second kappa shape index (κ2) is 13.6. The molecule has 0 saturated heterocycles. The molecule has 225 valence electrons. The van der Waals surface area contributed by atoms with Crippen LogP contribution < -0.4 is 0 Å². The van der Waals surface area contributed by atoms with Crippen LogP contribution >= 0.6 is 0 Å². The third kappa shape index (κ3) is 6.39. The van der Waals surface area contributed by atoms with Crippen LogP contribution in [0, 0.1) is 32.9 Å². The van der Waals surface area contributed by atoms with Gasteiger partial charge in [0.1, 0.15) is 0 Å². The molecule has 0 N–H and O–H groups in total. The van der Waals surface area contributed by atoms with Crippen molar-refractivity contribution in [1.29, 1.82) is 0 Å². The van der Waals surface area contributed by atoms with E-state index in [1.54, 1.807) is 0 Å². The summed E-state index contributed by atoms with van der Waals surface area (Å²) in [6.07, 6.45) is 3.69. The molecule has 8 rings (SSSR count). The Labute approximate surface area is 284 Å². The van der Waals surface area contributed by atoms with Crippen molar-refractivity contribution in [3.05, 3.63) is 169 Å². The van der Waals surface area contributed by atoms with Crippen molar-refractivity contribution in [2.24, 2.45) is 0 Å². The first kappa shape index (κ1) is 31.0. The minimum absolute atomic E-state index is 0. The largest absolute Gasteiger partial charge is 0.305 e. The first-order valence-electron chi connectivity index (χ1n) is 15.2. The predicted molar refractivity (Wildman–Crippen MR) is 189 cm³/mol. The van der Waals surface area contributed by atoms with Gasteiger partial charge in [0.05, 0.1) is 0 Å². The van der Waals surface area contributed by atoms with Gasteiger partial charge < -0.3 is 9.97 Å². The normalized spacial score (nSPS) is 10.8. The summed E-state index contributed by atoms with van der Waals surface area (Å²) in [5, 5.41) is 7.71. The van der Waals surface area contributed by atoms with Crippen LogP contribution in [0.25, 0.3) is 66.0 Å². The maximum atomic E-state index is 4.50. The Kier molecular flexibility index (Phi) is 9.17. The molecule has 2 aromatic heterocycles. The second-order valence-electron chi connectivity index (χ2n) is 11.6. The molecule has 0 atom stereocenters. The van der Waals surface area contributed by atoms with Crippen molar-refractivity contribution in [2.45, 2.75) is 20.8 Å². The van der Waals surface area contributed by atoms with E-state index < -0.39 is 0 Å². The molecule has 3 heteroatoms. The van der Waals surface area contributed by atoms with Crippen LogP contribution in [0.5, 0.6) is 0 Å². The van der Waals surface area contributed by atoms with Crippen LogP contribution in [0.4, 0.5) is 0 Å². The minimum Gasteiger partial charge on any atom is -0.305 e. The topological polar surface area (TPSA) is 25.8 Å². The Bertz CT molecular complexity index is 2290. The van der Waals surface area contributed by atoms with Gasteiger partial charge in [-0.05, 0) is 64.7 Å². The summed E-state index contributed by atoms with van der Waals surface area (Å²) in [7, 11) is 0. The molecule has 2 nitrogen and oxygen atoms in total. The molecule has 0 amide bonds. The molecule has 2 heterocycles. The zero-order valence-corrected chi connectivity index (χ0v) is 28.4. The fourth-order valence-electron chi connectivity index (χ4n) is 5.95. The SMILES string of the molecule is Cc1cc[c-]c(-c2cc(-c3ccccc3)ccn2)c1.Cc1ccc2c3c[c-]c(-c4ccccn4)cc3c3cc(C)ccc3c2c1.[Ir]. The second-order valence-corrected chi connectivity index (χ2v) is 11.6. The maximum absolute atomic E-state index is 4.50. The first-order valence-corrected chi connectivity index (χ1v) is 15.2. The Morgan fingerprint density at radius 3 is 1.78 bits per heavy atom. The van der Waals surface area contributed by atoms with Crippen molar-refractivity contribution >= 4 is 32.3 Å². The first-order chi connectivity index (χ1) is 22.0. The molecule has 6 aromatic carbocycles. The Hall–Kier alpha value is -4.95. The average molecular weight is 769 g/mol. The van der Waals surface area contributed by atoms with E-state index >= 15 is 0 Å². The van der Waals surface area contributed by atoms with Crippen molar-refractivity contribution in [3.63, 3.8) is 0 Å². The number of hydrogen-bond acceptors (Lipinski definition) is 2. The number of hydrogen-bond donors (Lipinski definition) is 0. The zero-order valence-electron chi connectivity index (χ0n) is 26.0. The van der Waals surface area contributed by atoms with E-state index in [-0.39, 0.29) is 20.1 Å². The van der Waals surface area contributed by atoms with Crippen molar-refractivity contribution in [3.8, 4) is 33.6 Å². The molecular weight excluding hydrogens is 737 g/mol. The van der Waals surface area contributed by atoms with Crippen LogP contribution in [-0.4, -0.2) is 9.97 Å². The van der Waals surface area contributed by atoms with E-state index in [2.05, 4.69) is 116 Å². The standard InChI is InChI=1S/C25H18N.C18H14N.Ir/c1-16-6-9-19-20-11-8-18(25-5-3-4-12-26-25)15-24(20)23-14-17(2)7-10-21(23)22(19)13-16;1-14-6-5-9-17(12-14)18-13-16(10-11-19-18)15-7-3-2-4-8-15;/h3-7,9-15H,1-2H3;2-8,10-13H,1H3;/q2*-1;. The molecule has 46 heavy (non-hydrogen) atoms. The number of aromatic nitrogens is 2. The van der Waals surface area contributed by atoms with Gasteiger partial charge >= 0.3 is 0 Å². The molecule has 0 spiro atoms. The maximum Gasteiger partial charge on any atom is 0.0166 e. The van der Waals surface area contributed by atoms with Gasteiger partial charge in [0.25, 0.3) is 0 Å². The Morgan fingerprint density at radius 1 is 0.435 bits per heavy atom. The third-order valence-electron chi connectivity index (χ3n) is 8.21. The van der Waals surface area contributed by atoms with Crippen LogP contribution in [0.1, 0.15) is 16.7 Å². The number of rotatable bonds is 3. The summed E-state index contributed by atoms with van der Waals surface area (Å²) in [6, 6.07) is 51.1. The monoisotopic (exact) mass is 769 g/mol. The van der Waals surface area contributed by atoms with Crippen LogP contribution in [0.2, 0.25) is 0 Å². The molecule has 0 aliphatic heterocycles. The number of benzene rings is 6. The van der Waals surface area contributed by atoms with Gasteiger partial charge in [-0.15, -0.1) is 59.2 Å². The summed E-state index contributed by atoms with van der Waals surface area (Å²) in [4.78, 5) is 8.94. The average Bonchev–Trinajstić information content (AvgIpc) is 3.09. The van der Waals surface area contributed by atoms with Crippen LogP contribution in [-0.2, 0) is 20.1 Å². The quantitative estimate of drug-likeness (QED) is 0.132. The van der Waals surface area contributed by atoms with Gasteiger partial charge in [0, 0.05) is 32.5 Å². The summed E-state index contributed by atoms with van der Waals surface area (Å²) < 4.78 is 0. The molecule has 0 bridgehead atoms. The van der Waals surface area contributed by atoms with Gasteiger partial charge in [0.2, 0.25) is 0 Å². The van der Waals surface area contributed by atoms with E-state index in [9.17, 15) is 0 Å². The van der Waals surface area contributed by atoms with Crippen LogP contribution in [0.3, 0.4) is 0 Å². The van der Waals surface area contributed by atoms with Gasteiger partial charge in [-0.2, -0.15) is 0 Å². The minimum atomic E-state index is 0. The molecule has 8 aromatic rings. The molecular formula is C43H32IrN2-2. The fourth-order valence-corrected chi connectivity index (χ4v) is 5.95. The van der Waals surface area contributed by atoms with E-state index in [4.69, 9.17) is 0 Å². The number of nitrogens with zero attached hydrogens (tertiary/aromatic N) is 2. The van der Waals surface area contributed by atoms with Crippen LogP contribution in [0.15, 0.2) is 140 Å². The predicted octanol–water partition coefficient (Wildman–Crippen LogP) is 11.1. The molecule has 0 aliphatic rings. The van der Waals surface area contributed by atoms with E-state index in [1.165, 1.54) is 60.1 Å². The zero-order chi connectivity index (χ0) is 30.8. The molecule has 0 unspecified atom stereocenters.